The zero-order valence-electron chi connectivity index (χ0n) is 17.7. The van der Waals surface area contributed by atoms with Crippen LogP contribution in [0.15, 0.2) is 46.9 Å². The topological polar surface area (TPSA) is 74.2 Å². The number of ether oxygens (including phenoxy) is 1. The van der Waals surface area contributed by atoms with E-state index in [1.54, 1.807) is 25.3 Å². The van der Waals surface area contributed by atoms with E-state index in [1.807, 2.05) is 24.4 Å². The number of carbonyl (C=O) groups excluding carboxylic acids is 2. The number of hydrogen-bond donors (Lipinski definition) is 1. The van der Waals surface area contributed by atoms with E-state index < -0.39 is 0 Å². The zero-order valence-corrected chi connectivity index (χ0v) is 18.5. The van der Waals surface area contributed by atoms with Gasteiger partial charge in [-0.3, -0.25) is 4.79 Å². The molecule has 0 saturated heterocycles. The van der Waals surface area contributed by atoms with Crippen LogP contribution in [0.5, 0.6) is 0 Å². The molecular formula is C22H27FN4O3S. The molecular weight excluding hydrogens is 419 g/mol. The molecule has 31 heavy (non-hydrogen) atoms. The standard InChI is InChI=1S/C22H27FN4O3S/c1-3-10-24-22(29)26(11-12-30-2)15-21(28)27-19(20-9-6-13-31-20)14-18(25-27)16-7-4-5-8-17(16)23/h4-9,13,19H,3,10-12,14-15H2,1-2H3,(H,24,29). The summed E-state index contributed by atoms with van der Waals surface area (Å²) in [5.41, 5.74) is 0.903. The number of halogens is 1. The summed E-state index contributed by atoms with van der Waals surface area (Å²) >= 11 is 1.52. The highest BCUT2D eigenvalue weighted by molar-refractivity contribution is 7.10. The van der Waals surface area contributed by atoms with Gasteiger partial charge in [0.05, 0.1) is 18.4 Å². The Balaban J connectivity index is 1.83. The van der Waals surface area contributed by atoms with Gasteiger partial charge in [-0.25, -0.2) is 14.2 Å². The number of rotatable bonds is 9. The highest BCUT2D eigenvalue weighted by Gasteiger charge is 2.35. The summed E-state index contributed by atoms with van der Waals surface area (Å²) in [6, 6.07) is 9.61. The summed E-state index contributed by atoms with van der Waals surface area (Å²) < 4.78 is 19.4. The van der Waals surface area contributed by atoms with Crippen molar-refractivity contribution in [3.63, 3.8) is 0 Å². The molecule has 3 amide bonds. The summed E-state index contributed by atoms with van der Waals surface area (Å²) in [6.45, 7) is 2.92. The Hall–Kier alpha value is -2.78. The molecule has 1 unspecified atom stereocenters. The Morgan fingerprint density at radius 1 is 1.32 bits per heavy atom. The Kier molecular flexibility index (Phi) is 8.13. The number of urea groups is 1. The molecule has 2 heterocycles. The van der Waals surface area contributed by atoms with Gasteiger partial charge in [-0.05, 0) is 23.9 Å². The minimum absolute atomic E-state index is 0.144. The maximum Gasteiger partial charge on any atom is 0.317 e. The molecule has 0 saturated carbocycles. The first-order valence-electron chi connectivity index (χ1n) is 10.2. The van der Waals surface area contributed by atoms with E-state index in [0.717, 1.165) is 11.3 Å². The minimum Gasteiger partial charge on any atom is -0.383 e. The number of benzene rings is 1. The number of thiophene rings is 1. The fraction of sp³-hybridized carbons (Fsp3) is 0.409. The highest BCUT2D eigenvalue weighted by atomic mass is 32.1. The van der Waals surface area contributed by atoms with Crippen molar-refractivity contribution in [2.24, 2.45) is 5.10 Å². The van der Waals surface area contributed by atoms with Crippen molar-refractivity contribution in [1.29, 1.82) is 0 Å². The summed E-state index contributed by atoms with van der Waals surface area (Å²) in [7, 11) is 1.54. The average molecular weight is 447 g/mol. The average Bonchev–Trinajstić information content (AvgIpc) is 3.45. The second-order valence-corrected chi connectivity index (χ2v) is 8.13. The van der Waals surface area contributed by atoms with E-state index in [9.17, 15) is 14.0 Å². The van der Waals surface area contributed by atoms with Crippen LogP contribution >= 0.6 is 11.3 Å². The van der Waals surface area contributed by atoms with E-state index in [-0.39, 0.29) is 36.9 Å². The maximum atomic E-state index is 14.4. The summed E-state index contributed by atoms with van der Waals surface area (Å²) in [5.74, 6) is -0.700. The summed E-state index contributed by atoms with van der Waals surface area (Å²) in [5, 5.41) is 10.6. The molecule has 0 fully saturated rings. The number of hydrazone groups is 1. The third-order valence-corrected chi connectivity index (χ3v) is 5.90. The Labute approximate surface area is 185 Å². The van der Waals surface area contributed by atoms with Crippen molar-refractivity contribution in [1.82, 2.24) is 15.2 Å². The monoisotopic (exact) mass is 446 g/mol. The SMILES string of the molecule is CCCNC(=O)N(CCOC)CC(=O)N1N=C(c2ccccc2F)CC1c1cccs1. The number of nitrogens with one attached hydrogen (secondary N) is 1. The largest absolute Gasteiger partial charge is 0.383 e. The van der Waals surface area contributed by atoms with Gasteiger partial charge in [0.25, 0.3) is 5.91 Å². The first-order chi connectivity index (χ1) is 15.0. The highest BCUT2D eigenvalue weighted by Crippen LogP contribution is 2.35. The van der Waals surface area contributed by atoms with Gasteiger partial charge in [-0.15, -0.1) is 11.3 Å². The van der Waals surface area contributed by atoms with E-state index in [0.29, 0.717) is 30.8 Å². The van der Waals surface area contributed by atoms with Gasteiger partial charge >= 0.3 is 6.03 Å². The second kappa shape index (κ2) is 11.0. The van der Waals surface area contributed by atoms with Gasteiger partial charge in [0, 0.05) is 37.1 Å². The number of hydrogen-bond acceptors (Lipinski definition) is 5. The molecule has 9 heteroatoms. The lowest BCUT2D eigenvalue weighted by Crippen LogP contribution is -2.47. The molecule has 166 valence electrons. The van der Waals surface area contributed by atoms with Gasteiger partial charge in [0.15, 0.2) is 0 Å². The van der Waals surface area contributed by atoms with Crippen LogP contribution in [-0.2, 0) is 9.53 Å². The summed E-state index contributed by atoms with van der Waals surface area (Å²) in [6.07, 6.45) is 1.20. The Morgan fingerprint density at radius 2 is 2.13 bits per heavy atom. The van der Waals surface area contributed by atoms with Gasteiger partial charge in [0.2, 0.25) is 0 Å². The smallest absolute Gasteiger partial charge is 0.317 e. The Morgan fingerprint density at radius 3 is 2.81 bits per heavy atom. The maximum absolute atomic E-state index is 14.4. The van der Waals surface area contributed by atoms with Crippen LogP contribution in [-0.4, -0.2) is 60.9 Å². The van der Waals surface area contributed by atoms with Crippen molar-refractivity contribution in [3.05, 3.63) is 58.0 Å². The Bertz CT molecular complexity index is 919. The number of amides is 3. The molecule has 0 aliphatic carbocycles. The van der Waals surface area contributed by atoms with Crippen LogP contribution in [0.1, 0.15) is 36.2 Å². The molecule has 1 atom stereocenters. The minimum atomic E-state index is -0.374. The summed E-state index contributed by atoms with van der Waals surface area (Å²) in [4.78, 5) is 28.1. The lowest BCUT2D eigenvalue weighted by molar-refractivity contribution is -0.133. The third kappa shape index (κ3) is 5.68. The predicted molar refractivity (Wildman–Crippen MR) is 119 cm³/mol. The van der Waals surface area contributed by atoms with Gasteiger partial charge in [-0.2, -0.15) is 5.10 Å². The molecule has 1 aliphatic rings. The quantitative estimate of drug-likeness (QED) is 0.639. The normalized spacial score (nSPS) is 15.6. The van der Waals surface area contributed by atoms with Gasteiger partial charge in [0.1, 0.15) is 12.4 Å². The van der Waals surface area contributed by atoms with Gasteiger partial charge < -0.3 is 15.0 Å². The van der Waals surface area contributed by atoms with Crippen LogP contribution in [0.3, 0.4) is 0 Å². The van der Waals surface area contributed by atoms with Crippen LogP contribution in [0, 0.1) is 5.82 Å². The van der Waals surface area contributed by atoms with Crippen LogP contribution in [0.4, 0.5) is 9.18 Å². The zero-order chi connectivity index (χ0) is 22.2. The van der Waals surface area contributed by atoms with Crippen molar-refractivity contribution in [3.8, 4) is 0 Å². The first-order valence-corrected chi connectivity index (χ1v) is 11.1. The van der Waals surface area contributed by atoms with Crippen molar-refractivity contribution >= 4 is 29.0 Å². The lowest BCUT2D eigenvalue weighted by Gasteiger charge is -2.26. The molecule has 2 aromatic rings. The van der Waals surface area contributed by atoms with Crippen LogP contribution < -0.4 is 5.32 Å². The number of carbonyl (C=O) groups is 2. The van der Waals surface area contributed by atoms with Crippen LogP contribution in [0.25, 0.3) is 0 Å². The number of methoxy groups -OCH3 is 1. The predicted octanol–water partition coefficient (Wildman–Crippen LogP) is 3.63. The molecule has 0 radical (unpaired) electrons. The van der Waals surface area contributed by atoms with E-state index >= 15 is 0 Å². The molecule has 7 nitrogen and oxygen atoms in total. The second-order valence-electron chi connectivity index (χ2n) is 7.15. The van der Waals surface area contributed by atoms with Crippen LogP contribution in [0.2, 0.25) is 0 Å². The molecule has 1 N–H and O–H groups in total. The molecule has 1 aromatic carbocycles. The number of nitrogens with zero attached hydrogens (tertiary/aromatic N) is 3. The molecule has 1 aromatic heterocycles. The van der Waals surface area contributed by atoms with Crippen molar-refractivity contribution in [2.45, 2.75) is 25.8 Å². The fourth-order valence-electron chi connectivity index (χ4n) is 3.33. The van der Waals surface area contributed by atoms with E-state index in [2.05, 4.69) is 10.4 Å². The van der Waals surface area contributed by atoms with Crippen molar-refractivity contribution in [2.75, 3.05) is 33.4 Å². The lowest BCUT2D eigenvalue weighted by atomic mass is 10.0. The molecule has 1 aliphatic heterocycles. The molecule has 0 spiro atoms. The molecule has 0 bridgehead atoms. The third-order valence-electron chi connectivity index (χ3n) is 4.93. The van der Waals surface area contributed by atoms with Gasteiger partial charge in [-0.1, -0.05) is 31.2 Å². The fourth-order valence-corrected chi connectivity index (χ4v) is 4.15. The first kappa shape index (κ1) is 22.9. The van der Waals surface area contributed by atoms with E-state index in [1.165, 1.54) is 27.3 Å². The molecule has 3 rings (SSSR count). The van der Waals surface area contributed by atoms with Crippen molar-refractivity contribution < 1.29 is 18.7 Å². The van der Waals surface area contributed by atoms with E-state index in [4.69, 9.17) is 4.74 Å².